The third-order valence-corrected chi connectivity index (χ3v) is 2.96. The van der Waals surface area contributed by atoms with Gasteiger partial charge < -0.3 is 4.74 Å². The number of nitrogens with zero attached hydrogens (tertiary/aromatic N) is 2. The molecule has 0 unspecified atom stereocenters. The van der Waals surface area contributed by atoms with Crippen molar-refractivity contribution in [3.63, 3.8) is 0 Å². The van der Waals surface area contributed by atoms with Crippen LogP contribution in [0.1, 0.15) is 11.3 Å². The molecule has 0 fully saturated rings. The number of hydrogen-bond acceptors (Lipinski definition) is 3. The maximum absolute atomic E-state index is 12.8. The second-order valence-electron chi connectivity index (χ2n) is 3.76. The Balaban J connectivity index is 2.20. The molecule has 2 heterocycles. The molecule has 106 valence electrons. The first kappa shape index (κ1) is 15.1. The van der Waals surface area contributed by atoms with Crippen LogP contribution in [0.25, 0.3) is 0 Å². The first-order valence-electron chi connectivity index (χ1n) is 5.32. The molecule has 0 bridgehead atoms. The number of aromatic nitrogens is 2. The lowest BCUT2D eigenvalue weighted by Crippen LogP contribution is -2.10. The van der Waals surface area contributed by atoms with Crippen LogP contribution in [0.3, 0.4) is 0 Å². The van der Waals surface area contributed by atoms with Gasteiger partial charge in [-0.1, -0.05) is 11.6 Å². The minimum atomic E-state index is -4.53. The quantitative estimate of drug-likeness (QED) is 0.750. The summed E-state index contributed by atoms with van der Waals surface area (Å²) in [6.07, 6.45) is -2.42. The van der Waals surface area contributed by atoms with E-state index in [-0.39, 0.29) is 17.0 Å². The summed E-state index contributed by atoms with van der Waals surface area (Å²) in [6, 6.07) is 4.32. The molecular weight excluding hydrogens is 360 g/mol. The molecule has 0 aromatic carbocycles. The van der Waals surface area contributed by atoms with Gasteiger partial charge in [0.15, 0.2) is 0 Å². The molecule has 0 amide bonds. The van der Waals surface area contributed by atoms with Crippen LogP contribution in [-0.2, 0) is 12.8 Å². The summed E-state index contributed by atoms with van der Waals surface area (Å²) < 4.78 is 43.8. The standard InChI is InChI=1S/C12H7BrClF3N2O/c13-11-3-10(9(5-19-11)12(15,16)17)20-6-8-2-1-7(14)4-18-8/h1-5H,6H2. The highest BCUT2D eigenvalue weighted by Gasteiger charge is 2.35. The van der Waals surface area contributed by atoms with Crippen molar-refractivity contribution in [1.29, 1.82) is 0 Å². The Hall–Kier alpha value is -1.34. The molecule has 2 aromatic heterocycles. The first-order chi connectivity index (χ1) is 9.36. The zero-order valence-electron chi connectivity index (χ0n) is 9.79. The lowest BCUT2D eigenvalue weighted by atomic mass is 10.2. The number of alkyl halides is 3. The zero-order valence-corrected chi connectivity index (χ0v) is 12.1. The van der Waals surface area contributed by atoms with Crippen LogP contribution in [0.5, 0.6) is 5.75 Å². The van der Waals surface area contributed by atoms with Crippen molar-refractivity contribution in [2.24, 2.45) is 0 Å². The molecule has 0 aliphatic carbocycles. The van der Waals surface area contributed by atoms with Gasteiger partial charge in [0.1, 0.15) is 22.5 Å². The molecule has 2 rings (SSSR count). The number of halogens is 5. The Morgan fingerprint density at radius 3 is 2.55 bits per heavy atom. The molecule has 0 N–H and O–H groups in total. The number of hydrogen-bond donors (Lipinski definition) is 0. The van der Waals surface area contributed by atoms with E-state index in [0.717, 1.165) is 0 Å². The average Bonchev–Trinajstić information content (AvgIpc) is 2.36. The van der Waals surface area contributed by atoms with Crippen molar-refractivity contribution in [2.75, 3.05) is 0 Å². The van der Waals surface area contributed by atoms with Gasteiger partial charge in [0.25, 0.3) is 0 Å². The molecule has 0 aliphatic heterocycles. The molecule has 0 aliphatic rings. The summed E-state index contributed by atoms with van der Waals surface area (Å²) in [7, 11) is 0. The molecule has 8 heteroatoms. The monoisotopic (exact) mass is 366 g/mol. The fourth-order valence-corrected chi connectivity index (χ4v) is 1.81. The molecule has 3 nitrogen and oxygen atoms in total. The maximum atomic E-state index is 12.8. The third kappa shape index (κ3) is 3.83. The predicted molar refractivity (Wildman–Crippen MR) is 70.5 cm³/mol. The summed E-state index contributed by atoms with van der Waals surface area (Å²) in [5.41, 5.74) is -0.467. The summed E-state index contributed by atoms with van der Waals surface area (Å²) in [6.45, 7) is -0.100. The predicted octanol–water partition coefficient (Wildman–Crippen LogP) is 4.49. The van der Waals surface area contributed by atoms with E-state index in [9.17, 15) is 13.2 Å². The van der Waals surface area contributed by atoms with Crippen LogP contribution < -0.4 is 4.74 Å². The maximum Gasteiger partial charge on any atom is 0.421 e. The topological polar surface area (TPSA) is 35.0 Å². The summed E-state index contributed by atoms with van der Waals surface area (Å²) in [5.74, 6) is -0.309. The van der Waals surface area contributed by atoms with Gasteiger partial charge in [-0.3, -0.25) is 4.98 Å². The van der Waals surface area contributed by atoms with E-state index in [1.807, 2.05) is 0 Å². The van der Waals surface area contributed by atoms with Crippen LogP contribution in [0.15, 0.2) is 35.2 Å². The highest BCUT2D eigenvalue weighted by atomic mass is 79.9. The molecule has 0 saturated carbocycles. The molecule has 20 heavy (non-hydrogen) atoms. The molecule has 0 spiro atoms. The smallest absolute Gasteiger partial charge is 0.421 e. The van der Waals surface area contributed by atoms with Crippen LogP contribution in [0, 0.1) is 0 Å². The van der Waals surface area contributed by atoms with E-state index in [4.69, 9.17) is 16.3 Å². The van der Waals surface area contributed by atoms with Crippen molar-refractivity contribution in [2.45, 2.75) is 12.8 Å². The van der Waals surface area contributed by atoms with E-state index in [1.165, 1.54) is 12.3 Å². The van der Waals surface area contributed by atoms with Crippen molar-refractivity contribution in [3.05, 3.63) is 51.5 Å². The Labute approximate surface area is 125 Å². The number of rotatable bonds is 3. The summed E-state index contributed by atoms with van der Waals surface area (Å²) in [4.78, 5) is 7.50. The van der Waals surface area contributed by atoms with Gasteiger partial charge in [0.2, 0.25) is 0 Å². The minimum Gasteiger partial charge on any atom is -0.487 e. The van der Waals surface area contributed by atoms with Gasteiger partial charge in [0, 0.05) is 18.5 Å². The van der Waals surface area contributed by atoms with E-state index in [2.05, 4.69) is 25.9 Å². The van der Waals surface area contributed by atoms with Gasteiger partial charge in [-0.05, 0) is 28.1 Å². The molecule has 0 atom stereocenters. The van der Waals surface area contributed by atoms with Gasteiger partial charge >= 0.3 is 6.18 Å². The van der Waals surface area contributed by atoms with E-state index < -0.39 is 11.7 Å². The van der Waals surface area contributed by atoms with E-state index >= 15 is 0 Å². The number of ether oxygens (including phenoxy) is 1. The second kappa shape index (κ2) is 5.97. The van der Waals surface area contributed by atoms with Gasteiger partial charge in [-0.2, -0.15) is 13.2 Å². The normalized spacial score (nSPS) is 11.4. The third-order valence-electron chi connectivity index (χ3n) is 2.30. The SMILES string of the molecule is FC(F)(F)c1cnc(Br)cc1OCc1ccc(Cl)cn1. The Morgan fingerprint density at radius 1 is 1.20 bits per heavy atom. The van der Waals surface area contributed by atoms with Crippen molar-refractivity contribution >= 4 is 27.5 Å². The van der Waals surface area contributed by atoms with E-state index in [1.54, 1.807) is 12.1 Å². The Morgan fingerprint density at radius 2 is 1.95 bits per heavy atom. The van der Waals surface area contributed by atoms with Gasteiger partial charge in [-0.15, -0.1) is 0 Å². The molecule has 0 radical (unpaired) electrons. The Bertz CT molecular complexity index is 605. The van der Waals surface area contributed by atoms with Crippen LogP contribution in [-0.4, -0.2) is 9.97 Å². The van der Waals surface area contributed by atoms with Crippen molar-refractivity contribution < 1.29 is 17.9 Å². The largest absolute Gasteiger partial charge is 0.487 e. The van der Waals surface area contributed by atoms with Crippen LogP contribution in [0.2, 0.25) is 5.02 Å². The second-order valence-corrected chi connectivity index (χ2v) is 5.01. The highest BCUT2D eigenvalue weighted by molar-refractivity contribution is 9.10. The van der Waals surface area contributed by atoms with Crippen molar-refractivity contribution in [3.8, 4) is 5.75 Å². The molecule has 0 saturated heterocycles. The average molecular weight is 368 g/mol. The van der Waals surface area contributed by atoms with Gasteiger partial charge in [0.05, 0.1) is 10.7 Å². The fraction of sp³-hybridized carbons (Fsp3) is 0.167. The molecular formula is C12H7BrClF3N2O. The van der Waals surface area contributed by atoms with E-state index in [0.29, 0.717) is 16.9 Å². The fourth-order valence-electron chi connectivity index (χ4n) is 1.39. The van der Waals surface area contributed by atoms with Crippen LogP contribution in [0.4, 0.5) is 13.2 Å². The lowest BCUT2D eigenvalue weighted by molar-refractivity contribution is -0.139. The number of pyridine rings is 2. The van der Waals surface area contributed by atoms with Crippen LogP contribution >= 0.6 is 27.5 Å². The zero-order chi connectivity index (χ0) is 14.8. The minimum absolute atomic E-state index is 0.100. The summed E-state index contributed by atoms with van der Waals surface area (Å²) >= 11 is 8.68. The van der Waals surface area contributed by atoms with Crippen molar-refractivity contribution in [1.82, 2.24) is 9.97 Å². The Kier molecular flexibility index (Phi) is 4.49. The van der Waals surface area contributed by atoms with Gasteiger partial charge in [-0.25, -0.2) is 4.98 Å². The lowest BCUT2D eigenvalue weighted by Gasteiger charge is -2.13. The summed E-state index contributed by atoms with van der Waals surface area (Å²) in [5, 5.41) is 0.441. The first-order valence-corrected chi connectivity index (χ1v) is 6.49. The molecule has 2 aromatic rings. The highest BCUT2D eigenvalue weighted by Crippen LogP contribution is 2.36.